The Morgan fingerprint density at radius 2 is 1.71 bits per heavy atom. The first-order valence-corrected chi connectivity index (χ1v) is 6.10. The first-order valence-electron chi connectivity index (χ1n) is 6.10. The number of rotatable bonds is 3. The summed E-state index contributed by atoms with van der Waals surface area (Å²) in [4.78, 5) is 0. The molecule has 1 atom stereocenters. The molecule has 1 unspecified atom stereocenters. The van der Waals surface area contributed by atoms with E-state index in [0.29, 0.717) is 11.7 Å². The highest BCUT2D eigenvalue weighted by Crippen LogP contribution is 2.32. The lowest BCUT2D eigenvalue weighted by Gasteiger charge is -2.13. The molecule has 0 aliphatic heterocycles. The van der Waals surface area contributed by atoms with Crippen LogP contribution in [0, 0.1) is 0 Å². The molecular weight excluding hydrogens is 208 g/mol. The van der Waals surface area contributed by atoms with Crippen molar-refractivity contribution in [2.24, 2.45) is 0 Å². The average Bonchev–Trinajstić information content (AvgIpc) is 2.39. The molecule has 0 aliphatic rings. The zero-order chi connectivity index (χ0) is 12.3. The van der Waals surface area contributed by atoms with E-state index in [1.807, 2.05) is 24.3 Å². The van der Waals surface area contributed by atoms with Gasteiger partial charge >= 0.3 is 0 Å². The molecule has 17 heavy (non-hydrogen) atoms. The summed E-state index contributed by atoms with van der Waals surface area (Å²) in [6.45, 7) is 4.28. The summed E-state index contributed by atoms with van der Waals surface area (Å²) >= 11 is 0. The molecule has 0 aromatic heterocycles. The summed E-state index contributed by atoms with van der Waals surface area (Å²) in [7, 11) is 0. The highest BCUT2D eigenvalue weighted by atomic mass is 16.3. The SMILES string of the molecule is CCC(C)c1cc(-c2ccccc2)ccc1O. The van der Waals surface area contributed by atoms with Crippen molar-refractivity contribution >= 4 is 0 Å². The highest BCUT2D eigenvalue weighted by molar-refractivity contribution is 5.65. The van der Waals surface area contributed by atoms with Gasteiger partial charge in [-0.1, -0.05) is 50.2 Å². The van der Waals surface area contributed by atoms with Crippen LogP contribution in [-0.2, 0) is 0 Å². The van der Waals surface area contributed by atoms with E-state index in [1.165, 1.54) is 11.1 Å². The Morgan fingerprint density at radius 1 is 1.00 bits per heavy atom. The molecule has 2 aromatic rings. The van der Waals surface area contributed by atoms with Crippen LogP contribution in [0.15, 0.2) is 48.5 Å². The molecule has 0 radical (unpaired) electrons. The van der Waals surface area contributed by atoms with E-state index in [1.54, 1.807) is 6.07 Å². The second kappa shape index (κ2) is 5.05. The predicted octanol–water partition coefficient (Wildman–Crippen LogP) is 4.57. The molecule has 2 aromatic carbocycles. The minimum atomic E-state index is 0.388. The number of benzene rings is 2. The number of aromatic hydroxyl groups is 1. The third-order valence-electron chi connectivity index (χ3n) is 3.28. The van der Waals surface area contributed by atoms with E-state index in [4.69, 9.17) is 0 Å². The van der Waals surface area contributed by atoms with Crippen LogP contribution in [0.2, 0.25) is 0 Å². The maximum Gasteiger partial charge on any atom is 0.119 e. The second-order valence-electron chi connectivity index (χ2n) is 4.45. The van der Waals surface area contributed by atoms with Crippen LogP contribution in [0.5, 0.6) is 5.75 Å². The maximum atomic E-state index is 9.88. The summed E-state index contributed by atoms with van der Waals surface area (Å²) in [5.74, 6) is 0.790. The largest absolute Gasteiger partial charge is 0.508 e. The maximum absolute atomic E-state index is 9.88. The van der Waals surface area contributed by atoms with Gasteiger partial charge < -0.3 is 5.11 Å². The summed E-state index contributed by atoms with van der Waals surface area (Å²) in [6, 6.07) is 16.1. The van der Waals surface area contributed by atoms with Gasteiger partial charge in [0.1, 0.15) is 5.75 Å². The molecule has 0 amide bonds. The molecule has 0 bridgehead atoms. The fraction of sp³-hybridized carbons (Fsp3) is 0.250. The molecule has 0 spiro atoms. The average molecular weight is 226 g/mol. The lowest BCUT2D eigenvalue weighted by Crippen LogP contribution is -1.92. The van der Waals surface area contributed by atoms with Gasteiger partial charge in [0.25, 0.3) is 0 Å². The molecule has 0 saturated heterocycles. The molecule has 1 heteroatoms. The van der Waals surface area contributed by atoms with Gasteiger partial charge in [-0.3, -0.25) is 0 Å². The van der Waals surface area contributed by atoms with Gasteiger partial charge in [0.15, 0.2) is 0 Å². The van der Waals surface area contributed by atoms with E-state index in [2.05, 4.69) is 32.0 Å². The Morgan fingerprint density at radius 3 is 2.35 bits per heavy atom. The zero-order valence-corrected chi connectivity index (χ0v) is 10.4. The van der Waals surface area contributed by atoms with Gasteiger partial charge in [-0.25, -0.2) is 0 Å². The first-order chi connectivity index (χ1) is 8.22. The van der Waals surface area contributed by atoms with Gasteiger partial charge in [0.05, 0.1) is 0 Å². The van der Waals surface area contributed by atoms with Crippen LogP contribution >= 0.6 is 0 Å². The zero-order valence-electron chi connectivity index (χ0n) is 10.4. The third kappa shape index (κ3) is 2.50. The minimum Gasteiger partial charge on any atom is -0.508 e. The van der Waals surface area contributed by atoms with Crippen molar-refractivity contribution < 1.29 is 5.11 Å². The smallest absolute Gasteiger partial charge is 0.119 e. The molecule has 1 nitrogen and oxygen atoms in total. The van der Waals surface area contributed by atoms with Gasteiger partial charge in [-0.2, -0.15) is 0 Å². The van der Waals surface area contributed by atoms with Crippen molar-refractivity contribution in [3.05, 3.63) is 54.1 Å². The molecule has 2 rings (SSSR count). The van der Waals surface area contributed by atoms with Crippen molar-refractivity contribution in [3.8, 4) is 16.9 Å². The van der Waals surface area contributed by atoms with E-state index in [9.17, 15) is 5.11 Å². The fourth-order valence-electron chi connectivity index (χ4n) is 1.98. The van der Waals surface area contributed by atoms with E-state index >= 15 is 0 Å². The van der Waals surface area contributed by atoms with Gasteiger partial charge in [-0.15, -0.1) is 0 Å². The molecule has 0 fully saturated rings. The van der Waals surface area contributed by atoms with Gasteiger partial charge in [0, 0.05) is 0 Å². The number of phenols is 1. The van der Waals surface area contributed by atoms with E-state index in [-0.39, 0.29) is 0 Å². The number of hydrogen-bond acceptors (Lipinski definition) is 1. The molecule has 88 valence electrons. The van der Waals surface area contributed by atoms with Crippen LogP contribution in [-0.4, -0.2) is 5.11 Å². The predicted molar refractivity (Wildman–Crippen MR) is 72.2 cm³/mol. The normalized spacial score (nSPS) is 12.4. The summed E-state index contributed by atoms with van der Waals surface area (Å²) < 4.78 is 0. The van der Waals surface area contributed by atoms with Crippen molar-refractivity contribution in [2.45, 2.75) is 26.2 Å². The fourth-order valence-corrected chi connectivity index (χ4v) is 1.98. The summed E-state index contributed by atoms with van der Waals surface area (Å²) in [5.41, 5.74) is 3.39. The van der Waals surface area contributed by atoms with Crippen molar-refractivity contribution in [3.63, 3.8) is 0 Å². The molecule has 1 N–H and O–H groups in total. The van der Waals surface area contributed by atoms with Crippen LogP contribution in [0.3, 0.4) is 0 Å². The number of hydrogen-bond donors (Lipinski definition) is 1. The van der Waals surface area contributed by atoms with Crippen LogP contribution in [0.4, 0.5) is 0 Å². The topological polar surface area (TPSA) is 20.2 Å². The van der Waals surface area contributed by atoms with E-state index < -0.39 is 0 Å². The lowest BCUT2D eigenvalue weighted by molar-refractivity contribution is 0.462. The highest BCUT2D eigenvalue weighted by Gasteiger charge is 2.09. The molecular formula is C16H18O. The van der Waals surface area contributed by atoms with Crippen molar-refractivity contribution in [2.75, 3.05) is 0 Å². The van der Waals surface area contributed by atoms with Crippen molar-refractivity contribution in [1.82, 2.24) is 0 Å². The standard InChI is InChI=1S/C16H18O/c1-3-12(2)15-11-14(9-10-16(15)17)13-7-5-4-6-8-13/h4-12,17H,3H2,1-2H3. The quantitative estimate of drug-likeness (QED) is 0.812. The second-order valence-corrected chi connectivity index (χ2v) is 4.45. The molecule has 0 saturated carbocycles. The third-order valence-corrected chi connectivity index (χ3v) is 3.28. The Balaban J connectivity index is 2.44. The van der Waals surface area contributed by atoms with Gasteiger partial charge in [-0.05, 0) is 41.2 Å². The Labute approximate surface area is 103 Å². The van der Waals surface area contributed by atoms with Crippen LogP contribution in [0.25, 0.3) is 11.1 Å². The van der Waals surface area contributed by atoms with Crippen LogP contribution in [0.1, 0.15) is 31.7 Å². The van der Waals surface area contributed by atoms with Gasteiger partial charge in [0.2, 0.25) is 0 Å². The minimum absolute atomic E-state index is 0.388. The molecule has 0 heterocycles. The van der Waals surface area contributed by atoms with E-state index in [0.717, 1.165) is 12.0 Å². The monoisotopic (exact) mass is 226 g/mol. The Hall–Kier alpha value is -1.76. The van der Waals surface area contributed by atoms with Crippen molar-refractivity contribution in [1.29, 1.82) is 0 Å². The lowest BCUT2D eigenvalue weighted by atomic mass is 9.94. The Kier molecular flexibility index (Phi) is 3.48. The summed E-state index contributed by atoms with van der Waals surface area (Å²) in [6.07, 6.45) is 1.03. The summed E-state index contributed by atoms with van der Waals surface area (Å²) in [5, 5.41) is 9.88. The van der Waals surface area contributed by atoms with Crippen LogP contribution < -0.4 is 0 Å². The first kappa shape index (κ1) is 11.7. The number of phenolic OH excluding ortho intramolecular Hbond substituents is 1. The Bertz CT molecular complexity index is 488. The molecule has 0 aliphatic carbocycles.